The van der Waals surface area contributed by atoms with Crippen molar-refractivity contribution in [1.82, 2.24) is 10.2 Å². The largest absolute Gasteiger partial charge is 0.493 e. The van der Waals surface area contributed by atoms with Crippen LogP contribution in [0.2, 0.25) is 10.0 Å². The number of amides is 2. The Balaban J connectivity index is 1.96. The predicted molar refractivity (Wildman–Crippen MR) is 158 cm³/mol. The van der Waals surface area contributed by atoms with E-state index in [2.05, 4.69) is 5.32 Å². The summed E-state index contributed by atoms with van der Waals surface area (Å²) in [6.07, 6.45) is 6.37. The molecule has 9 nitrogen and oxygen atoms in total. The van der Waals surface area contributed by atoms with Crippen LogP contribution >= 0.6 is 23.2 Å². The van der Waals surface area contributed by atoms with Gasteiger partial charge in [0.1, 0.15) is 12.6 Å². The molecule has 1 saturated carbocycles. The quantitative estimate of drug-likeness (QED) is 0.360. The molecule has 12 heteroatoms. The number of hydrogen-bond donors (Lipinski definition) is 1. The van der Waals surface area contributed by atoms with Crippen molar-refractivity contribution >= 4 is 50.7 Å². The SMILES string of the molecule is CC[C@@H](C(=O)NC1CCCCC1)N(Cc1ccc(Cl)c(Cl)c1)C(=O)CN(c1ccc(OC)c(OC)c1)S(C)(=O)=O. The number of ether oxygens (including phenoxy) is 2. The number of carbonyl (C=O) groups excluding carboxylic acids is 2. The first-order valence-corrected chi connectivity index (χ1v) is 15.8. The number of nitrogens with one attached hydrogen (secondary N) is 1. The van der Waals surface area contributed by atoms with Gasteiger partial charge in [-0.1, -0.05) is 55.5 Å². The Morgan fingerprint density at radius 1 is 1.00 bits per heavy atom. The van der Waals surface area contributed by atoms with E-state index in [1.165, 1.54) is 31.3 Å². The number of anilines is 1. The second-order valence-electron chi connectivity index (χ2n) is 9.85. The van der Waals surface area contributed by atoms with Gasteiger partial charge >= 0.3 is 0 Å². The second kappa shape index (κ2) is 14.3. The monoisotopic (exact) mass is 613 g/mol. The van der Waals surface area contributed by atoms with E-state index in [1.807, 2.05) is 6.92 Å². The lowest BCUT2D eigenvalue weighted by Gasteiger charge is -2.34. The van der Waals surface area contributed by atoms with E-state index in [1.54, 1.807) is 24.3 Å². The van der Waals surface area contributed by atoms with Gasteiger partial charge in [0.2, 0.25) is 21.8 Å². The number of methoxy groups -OCH3 is 2. The maximum atomic E-state index is 13.9. The summed E-state index contributed by atoms with van der Waals surface area (Å²) in [7, 11) is -0.992. The topological polar surface area (TPSA) is 105 Å². The van der Waals surface area contributed by atoms with Crippen molar-refractivity contribution in [1.29, 1.82) is 0 Å². The Kier molecular flexibility index (Phi) is 11.4. The average Bonchev–Trinajstić information content (AvgIpc) is 2.92. The smallest absolute Gasteiger partial charge is 0.244 e. The molecule has 0 radical (unpaired) electrons. The van der Waals surface area contributed by atoms with Gasteiger partial charge < -0.3 is 19.7 Å². The molecule has 1 fully saturated rings. The van der Waals surface area contributed by atoms with Crippen molar-refractivity contribution in [2.45, 2.75) is 64.1 Å². The molecule has 1 aliphatic rings. The fourth-order valence-corrected chi connectivity index (χ4v) is 6.05. The highest BCUT2D eigenvalue weighted by molar-refractivity contribution is 7.92. The van der Waals surface area contributed by atoms with Crippen LogP contribution in [0.4, 0.5) is 5.69 Å². The predicted octanol–water partition coefficient (Wildman–Crippen LogP) is 5.03. The molecule has 0 aliphatic heterocycles. The summed E-state index contributed by atoms with van der Waals surface area (Å²) in [5.41, 5.74) is 0.881. The molecule has 2 amide bonds. The van der Waals surface area contributed by atoms with E-state index in [4.69, 9.17) is 32.7 Å². The Hall–Kier alpha value is -2.69. The molecule has 0 unspecified atom stereocenters. The Morgan fingerprint density at radius 3 is 2.25 bits per heavy atom. The van der Waals surface area contributed by atoms with E-state index in [-0.39, 0.29) is 24.2 Å². The summed E-state index contributed by atoms with van der Waals surface area (Å²) in [6, 6.07) is 8.80. The molecule has 3 rings (SSSR count). The van der Waals surface area contributed by atoms with Crippen molar-refractivity contribution in [3.05, 3.63) is 52.0 Å². The first-order chi connectivity index (χ1) is 19.0. The van der Waals surface area contributed by atoms with Gasteiger partial charge in [0.05, 0.1) is 36.2 Å². The van der Waals surface area contributed by atoms with Gasteiger partial charge in [-0.15, -0.1) is 0 Å². The van der Waals surface area contributed by atoms with Crippen LogP contribution in [0.5, 0.6) is 11.5 Å². The summed E-state index contributed by atoms with van der Waals surface area (Å²) in [4.78, 5) is 28.8. The third-order valence-corrected chi connectivity index (χ3v) is 8.89. The lowest BCUT2D eigenvalue weighted by molar-refractivity contribution is -0.140. The number of sulfonamides is 1. The lowest BCUT2D eigenvalue weighted by Crippen LogP contribution is -2.53. The second-order valence-corrected chi connectivity index (χ2v) is 12.6. The van der Waals surface area contributed by atoms with E-state index < -0.39 is 28.5 Å². The third-order valence-electron chi connectivity index (χ3n) is 7.01. The standard InChI is InChI=1S/C28H37Cl2N3O6S/c1-5-24(28(35)31-20-9-7-6-8-10-20)32(17-19-11-13-22(29)23(30)15-19)27(34)18-33(40(4,36)37)21-12-14-25(38-2)26(16-21)39-3/h11-16,20,24H,5-10,17-18H2,1-4H3,(H,31,35)/t24-/m0/s1. The number of benzene rings is 2. The molecule has 220 valence electrons. The molecule has 1 aliphatic carbocycles. The summed E-state index contributed by atoms with van der Waals surface area (Å²) in [5, 5.41) is 3.79. The van der Waals surface area contributed by atoms with Crippen molar-refractivity contribution in [3.8, 4) is 11.5 Å². The molecule has 2 aromatic rings. The number of halogens is 2. The molecule has 0 spiro atoms. The van der Waals surface area contributed by atoms with Crippen LogP contribution in [-0.2, 0) is 26.2 Å². The molecular formula is C28H37Cl2N3O6S. The Labute approximate surface area is 246 Å². The van der Waals surface area contributed by atoms with Gasteiger partial charge in [0.15, 0.2) is 11.5 Å². The van der Waals surface area contributed by atoms with Gasteiger partial charge in [-0.05, 0) is 49.1 Å². The summed E-state index contributed by atoms with van der Waals surface area (Å²) in [6.45, 7) is 1.33. The number of rotatable bonds is 12. The third kappa shape index (κ3) is 8.17. The molecule has 40 heavy (non-hydrogen) atoms. The van der Waals surface area contributed by atoms with E-state index in [0.29, 0.717) is 33.5 Å². The maximum absolute atomic E-state index is 13.9. The van der Waals surface area contributed by atoms with Crippen molar-refractivity contribution in [2.75, 3.05) is 31.3 Å². The number of carbonyl (C=O) groups is 2. The van der Waals surface area contributed by atoms with Gasteiger partial charge in [0.25, 0.3) is 0 Å². The fraction of sp³-hybridized carbons (Fsp3) is 0.500. The first-order valence-electron chi connectivity index (χ1n) is 13.2. The van der Waals surface area contributed by atoms with Crippen LogP contribution < -0.4 is 19.1 Å². The highest BCUT2D eigenvalue weighted by Crippen LogP contribution is 2.33. The Morgan fingerprint density at radius 2 is 1.68 bits per heavy atom. The molecule has 0 bridgehead atoms. The maximum Gasteiger partial charge on any atom is 0.244 e. The van der Waals surface area contributed by atoms with Crippen LogP contribution in [0.1, 0.15) is 51.0 Å². The van der Waals surface area contributed by atoms with E-state index in [9.17, 15) is 18.0 Å². The molecule has 1 atom stereocenters. The summed E-state index contributed by atoms with van der Waals surface area (Å²) < 4.78 is 37.4. The van der Waals surface area contributed by atoms with E-state index in [0.717, 1.165) is 42.7 Å². The van der Waals surface area contributed by atoms with Crippen LogP contribution in [0.15, 0.2) is 36.4 Å². The zero-order chi connectivity index (χ0) is 29.4. The summed E-state index contributed by atoms with van der Waals surface area (Å²) >= 11 is 12.3. The van der Waals surface area contributed by atoms with Crippen LogP contribution in [0.3, 0.4) is 0 Å². The van der Waals surface area contributed by atoms with Gasteiger partial charge in [-0.3, -0.25) is 13.9 Å². The highest BCUT2D eigenvalue weighted by Gasteiger charge is 2.33. The minimum Gasteiger partial charge on any atom is -0.493 e. The molecule has 0 aromatic heterocycles. The zero-order valence-corrected chi connectivity index (χ0v) is 25.6. The molecule has 0 saturated heterocycles. The first kappa shape index (κ1) is 31.8. The van der Waals surface area contributed by atoms with Crippen molar-refractivity contribution in [2.24, 2.45) is 0 Å². The normalized spacial score (nSPS) is 14.8. The van der Waals surface area contributed by atoms with Crippen molar-refractivity contribution in [3.63, 3.8) is 0 Å². The Bertz CT molecular complexity index is 1300. The van der Waals surface area contributed by atoms with Crippen molar-refractivity contribution < 1.29 is 27.5 Å². The van der Waals surface area contributed by atoms with E-state index >= 15 is 0 Å². The van der Waals surface area contributed by atoms with Gasteiger partial charge in [-0.25, -0.2) is 8.42 Å². The van der Waals surface area contributed by atoms with Gasteiger partial charge in [-0.2, -0.15) is 0 Å². The molecular weight excluding hydrogens is 577 g/mol. The zero-order valence-electron chi connectivity index (χ0n) is 23.3. The minimum absolute atomic E-state index is 0.0376. The summed E-state index contributed by atoms with van der Waals surface area (Å²) in [5.74, 6) is -0.0819. The van der Waals surface area contributed by atoms with Crippen LogP contribution in [-0.4, -0.2) is 64.2 Å². The van der Waals surface area contributed by atoms with Crippen LogP contribution in [0.25, 0.3) is 0 Å². The average molecular weight is 615 g/mol. The highest BCUT2D eigenvalue weighted by atomic mass is 35.5. The number of hydrogen-bond acceptors (Lipinski definition) is 6. The molecule has 1 N–H and O–H groups in total. The lowest BCUT2D eigenvalue weighted by atomic mass is 9.95. The molecule has 2 aromatic carbocycles. The van der Waals surface area contributed by atoms with Gasteiger partial charge in [0, 0.05) is 18.7 Å². The number of nitrogens with zero attached hydrogens (tertiary/aromatic N) is 2. The molecule has 0 heterocycles. The van der Waals surface area contributed by atoms with Crippen LogP contribution in [0, 0.1) is 0 Å². The fourth-order valence-electron chi connectivity index (χ4n) is 4.89. The minimum atomic E-state index is -3.90.